The van der Waals surface area contributed by atoms with E-state index >= 15 is 0 Å². The summed E-state index contributed by atoms with van der Waals surface area (Å²) in [5.74, 6) is 2.67. The summed E-state index contributed by atoms with van der Waals surface area (Å²) in [6.07, 6.45) is 4.45. The van der Waals surface area contributed by atoms with Gasteiger partial charge >= 0.3 is 0 Å². The van der Waals surface area contributed by atoms with Gasteiger partial charge in [0, 0.05) is 19.0 Å². The number of fused-ring (bicyclic) bond motifs is 1. The van der Waals surface area contributed by atoms with Crippen LogP contribution in [0, 0.1) is 5.92 Å². The zero-order valence-corrected chi connectivity index (χ0v) is 15.1. The van der Waals surface area contributed by atoms with Gasteiger partial charge in [-0.3, -0.25) is 9.69 Å². The Kier molecular flexibility index (Phi) is 4.75. The van der Waals surface area contributed by atoms with Gasteiger partial charge in [0.05, 0.1) is 17.6 Å². The fourth-order valence-corrected chi connectivity index (χ4v) is 4.08. The van der Waals surface area contributed by atoms with Crippen molar-refractivity contribution in [2.45, 2.75) is 38.5 Å². The number of carbonyl (C=O) groups is 1. The molecule has 1 aromatic carbocycles. The molecule has 2 aromatic rings. The van der Waals surface area contributed by atoms with Gasteiger partial charge in [-0.25, -0.2) is 4.98 Å². The number of para-hydroxylation sites is 2. The van der Waals surface area contributed by atoms with Crippen molar-refractivity contribution >= 4 is 16.9 Å². The van der Waals surface area contributed by atoms with E-state index in [-0.39, 0.29) is 0 Å². The molecule has 0 spiro atoms. The number of likely N-dealkylation sites (tertiary alicyclic amines) is 2. The van der Waals surface area contributed by atoms with Gasteiger partial charge in [-0.1, -0.05) is 19.1 Å². The van der Waals surface area contributed by atoms with Crippen molar-refractivity contribution in [1.82, 2.24) is 19.8 Å². The van der Waals surface area contributed by atoms with Crippen molar-refractivity contribution in [2.24, 2.45) is 5.92 Å². The molecule has 2 fully saturated rings. The minimum Gasteiger partial charge on any atom is -0.342 e. The summed E-state index contributed by atoms with van der Waals surface area (Å²) in [5, 5.41) is 0. The summed E-state index contributed by atoms with van der Waals surface area (Å²) < 4.78 is 0. The summed E-state index contributed by atoms with van der Waals surface area (Å²) in [4.78, 5) is 25.1. The monoisotopic (exact) mass is 340 g/mol. The Hall–Kier alpha value is -1.88. The lowest BCUT2D eigenvalue weighted by atomic mass is 9.96. The molecular weight excluding hydrogens is 312 g/mol. The Labute approximate surface area is 149 Å². The van der Waals surface area contributed by atoms with Crippen LogP contribution in [-0.4, -0.2) is 58.4 Å². The van der Waals surface area contributed by atoms with E-state index in [1.54, 1.807) is 0 Å². The molecule has 0 unspecified atom stereocenters. The molecule has 1 N–H and O–H groups in total. The van der Waals surface area contributed by atoms with Crippen LogP contribution in [0.3, 0.4) is 0 Å². The Morgan fingerprint density at radius 2 is 1.84 bits per heavy atom. The third-order valence-electron chi connectivity index (χ3n) is 5.88. The molecule has 2 aliphatic rings. The molecule has 0 bridgehead atoms. The van der Waals surface area contributed by atoms with E-state index in [0.717, 1.165) is 74.6 Å². The van der Waals surface area contributed by atoms with E-state index in [0.29, 0.717) is 18.4 Å². The Bertz CT molecular complexity index is 691. The zero-order valence-electron chi connectivity index (χ0n) is 15.1. The third-order valence-corrected chi connectivity index (χ3v) is 5.88. The lowest BCUT2D eigenvalue weighted by Crippen LogP contribution is -2.45. The fourth-order valence-electron chi connectivity index (χ4n) is 4.08. The van der Waals surface area contributed by atoms with Crippen molar-refractivity contribution in [3.05, 3.63) is 30.1 Å². The van der Waals surface area contributed by atoms with Crippen LogP contribution in [0.1, 0.15) is 44.3 Å². The van der Waals surface area contributed by atoms with E-state index in [1.165, 1.54) is 0 Å². The van der Waals surface area contributed by atoms with Gasteiger partial charge in [0.1, 0.15) is 5.82 Å². The minimum absolute atomic E-state index is 0.314. The van der Waals surface area contributed by atoms with Crippen LogP contribution in [0.5, 0.6) is 0 Å². The van der Waals surface area contributed by atoms with Crippen LogP contribution in [0.15, 0.2) is 24.3 Å². The smallest absolute Gasteiger partial charge is 0.236 e. The first kappa shape index (κ1) is 16.6. The zero-order chi connectivity index (χ0) is 17.2. The maximum absolute atomic E-state index is 12.5. The molecule has 0 saturated carbocycles. The highest BCUT2D eigenvalue weighted by Gasteiger charge is 2.26. The summed E-state index contributed by atoms with van der Waals surface area (Å²) in [5.41, 5.74) is 2.17. The summed E-state index contributed by atoms with van der Waals surface area (Å²) in [7, 11) is 0. The second kappa shape index (κ2) is 7.16. The number of nitrogens with zero attached hydrogens (tertiary/aromatic N) is 3. The van der Waals surface area contributed by atoms with Crippen molar-refractivity contribution in [3.63, 3.8) is 0 Å². The Balaban J connectivity index is 1.30. The molecule has 5 nitrogen and oxygen atoms in total. The molecule has 0 aliphatic carbocycles. The molecule has 4 rings (SSSR count). The molecule has 5 heteroatoms. The topological polar surface area (TPSA) is 52.2 Å². The normalized spacial score (nSPS) is 21.1. The van der Waals surface area contributed by atoms with Crippen LogP contribution < -0.4 is 0 Å². The van der Waals surface area contributed by atoms with Gasteiger partial charge in [-0.2, -0.15) is 0 Å². The third kappa shape index (κ3) is 3.71. The van der Waals surface area contributed by atoms with E-state index in [4.69, 9.17) is 4.98 Å². The lowest BCUT2D eigenvalue weighted by Gasteiger charge is -2.34. The van der Waals surface area contributed by atoms with Crippen LogP contribution in [0.4, 0.5) is 0 Å². The molecule has 1 aromatic heterocycles. The number of hydrogen-bond donors (Lipinski definition) is 1. The highest BCUT2D eigenvalue weighted by Crippen LogP contribution is 2.27. The first-order valence-electron chi connectivity index (χ1n) is 9.64. The molecule has 25 heavy (non-hydrogen) atoms. The molecule has 0 radical (unpaired) electrons. The molecule has 2 saturated heterocycles. The van der Waals surface area contributed by atoms with E-state index < -0.39 is 0 Å². The number of benzene rings is 1. The molecule has 0 atom stereocenters. The van der Waals surface area contributed by atoms with E-state index in [2.05, 4.69) is 33.8 Å². The van der Waals surface area contributed by atoms with Gasteiger partial charge < -0.3 is 9.88 Å². The second-order valence-electron chi connectivity index (χ2n) is 7.75. The predicted octanol–water partition coefficient (Wildman–Crippen LogP) is 3.00. The number of H-pyrrole nitrogens is 1. The molecule has 3 heterocycles. The van der Waals surface area contributed by atoms with Gasteiger partial charge in [-0.15, -0.1) is 0 Å². The largest absolute Gasteiger partial charge is 0.342 e. The Morgan fingerprint density at radius 3 is 2.56 bits per heavy atom. The maximum atomic E-state index is 12.5. The minimum atomic E-state index is 0.314. The van der Waals surface area contributed by atoms with E-state index in [9.17, 15) is 4.79 Å². The number of hydrogen-bond acceptors (Lipinski definition) is 3. The highest BCUT2D eigenvalue weighted by molar-refractivity contribution is 5.78. The van der Waals surface area contributed by atoms with E-state index in [1.807, 2.05) is 12.1 Å². The first-order valence-corrected chi connectivity index (χ1v) is 9.64. The maximum Gasteiger partial charge on any atom is 0.236 e. The predicted molar refractivity (Wildman–Crippen MR) is 99.5 cm³/mol. The second-order valence-corrected chi connectivity index (χ2v) is 7.75. The van der Waals surface area contributed by atoms with Crippen molar-refractivity contribution in [1.29, 1.82) is 0 Å². The number of rotatable bonds is 3. The average Bonchev–Trinajstić information content (AvgIpc) is 3.07. The Morgan fingerprint density at radius 1 is 1.12 bits per heavy atom. The van der Waals surface area contributed by atoms with Gasteiger partial charge in [-0.05, 0) is 56.8 Å². The number of carbonyl (C=O) groups excluding carboxylic acids is 1. The number of aromatic amines is 1. The van der Waals surface area contributed by atoms with Crippen molar-refractivity contribution < 1.29 is 4.79 Å². The van der Waals surface area contributed by atoms with Gasteiger partial charge in [0.15, 0.2) is 0 Å². The number of piperidine rings is 2. The van der Waals surface area contributed by atoms with Crippen molar-refractivity contribution in [3.8, 4) is 0 Å². The number of amides is 1. The average molecular weight is 340 g/mol. The molecular formula is C20H28N4O. The molecule has 134 valence electrons. The lowest BCUT2D eigenvalue weighted by molar-refractivity contribution is -0.134. The number of imidazole rings is 1. The van der Waals surface area contributed by atoms with Gasteiger partial charge in [0.25, 0.3) is 0 Å². The van der Waals surface area contributed by atoms with Gasteiger partial charge in [0.2, 0.25) is 5.91 Å². The van der Waals surface area contributed by atoms with Crippen LogP contribution in [-0.2, 0) is 4.79 Å². The number of nitrogens with one attached hydrogen (secondary N) is 1. The molecule has 1 amide bonds. The first-order chi connectivity index (χ1) is 12.2. The van der Waals surface area contributed by atoms with Crippen LogP contribution in [0.2, 0.25) is 0 Å². The van der Waals surface area contributed by atoms with Crippen molar-refractivity contribution in [2.75, 3.05) is 32.7 Å². The highest BCUT2D eigenvalue weighted by atomic mass is 16.2. The summed E-state index contributed by atoms with van der Waals surface area (Å²) in [6, 6.07) is 8.21. The van der Waals surface area contributed by atoms with Crippen LogP contribution in [0.25, 0.3) is 11.0 Å². The standard InChI is InChI=1S/C20H28N4O/c1-15-6-12-24(13-7-15)19(25)14-23-10-8-16(9-11-23)20-21-17-4-2-3-5-18(17)22-20/h2-5,15-16H,6-14H2,1H3,(H,21,22). The van der Waals surface area contributed by atoms with Crippen LogP contribution >= 0.6 is 0 Å². The SMILES string of the molecule is CC1CCN(C(=O)CN2CCC(c3nc4ccccc4[nH]3)CC2)CC1. The number of aromatic nitrogens is 2. The molecule has 2 aliphatic heterocycles. The quantitative estimate of drug-likeness (QED) is 0.934. The fraction of sp³-hybridized carbons (Fsp3) is 0.600. The summed E-state index contributed by atoms with van der Waals surface area (Å²) in [6.45, 7) is 6.71. The summed E-state index contributed by atoms with van der Waals surface area (Å²) >= 11 is 0.